The van der Waals surface area contributed by atoms with Crippen molar-refractivity contribution in [3.05, 3.63) is 12.2 Å². The molecule has 0 aliphatic heterocycles. The maximum Gasteiger partial charge on any atom is 0.221 e. The van der Waals surface area contributed by atoms with Gasteiger partial charge in [0.2, 0.25) is 9.39 Å². The summed E-state index contributed by atoms with van der Waals surface area (Å²) in [6.07, 6.45) is 2.78. The third-order valence-electron chi connectivity index (χ3n) is 0.864. The van der Waals surface area contributed by atoms with E-state index < -0.39 is 0 Å². The number of carbonyl (C=O) groups is 4. The first-order valence-corrected chi connectivity index (χ1v) is 6.86. The fraction of sp³-hybridized carbons (Fsp3) is 0.250. The highest BCUT2D eigenvalue weighted by molar-refractivity contribution is 9.19. The Hall–Kier alpha value is 0.340. The van der Waals surface area contributed by atoms with Gasteiger partial charge in [-0.15, -0.1) is 0 Å². The molecule has 0 aromatic carbocycles. The lowest BCUT2D eigenvalue weighted by Gasteiger charge is -1.83. The van der Waals surface area contributed by atoms with E-state index in [0.717, 1.165) is 12.2 Å². The van der Waals surface area contributed by atoms with Crippen LogP contribution in [0.2, 0.25) is 0 Å². The molecule has 90 valence electrons. The molecule has 0 rings (SSSR count). The molecule has 16 heavy (non-hydrogen) atoms. The first-order chi connectivity index (χ1) is 7.25. The van der Waals surface area contributed by atoms with Crippen LogP contribution in [-0.2, 0) is 19.2 Å². The van der Waals surface area contributed by atoms with Gasteiger partial charge in [0.05, 0.1) is 0 Å². The van der Waals surface area contributed by atoms with Gasteiger partial charge in [-0.1, -0.05) is 0 Å². The van der Waals surface area contributed by atoms with Crippen molar-refractivity contribution in [2.75, 3.05) is 0 Å². The number of halogens is 4. The Kier molecular flexibility index (Phi) is 13.8. The van der Waals surface area contributed by atoms with E-state index in [0.29, 0.717) is 0 Å². The summed E-state index contributed by atoms with van der Waals surface area (Å²) in [7, 11) is 0. The van der Waals surface area contributed by atoms with E-state index >= 15 is 0 Å². The number of rotatable bonds is 5. The molecule has 0 heterocycles. The predicted octanol–water partition coefficient (Wildman–Crippen LogP) is 3.00. The fourth-order valence-corrected chi connectivity index (χ4v) is 0.988. The SMILES string of the molecule is O=C(Br)/C=C/C(=O)Br.O=C(Br)CCC(=O)Br. The van der Waals surface area contributed by atoms with Gasteiger partial charge in [0, 0.05) is 12.8 Å². The van der Waals surface area contributed by atoms with Crippen LogP contribution in [0.15, 0.2) is 12.2 Å². The molecule has 0 saturated carbocycles. The van der Waals surface area contributed by atoms with E-state index in [1.807, 2.05) is 0 Å². The lowest BCUT2D eigenvalue weighted by atomic mass is 10.4. The van der Waals surface area contributed by atoms with Crippen LogP contribution < -0.4 is 0 Å². The Morgan fingerprint density at radius 1 is 0.688 bits per heavy atom. The van der Waals surface area contributed by atoms with Crippen LogP contribution in [0.4, 0.5) is 0 Å². The third kappa shape index (κ3) is 23.9. The van der Waals surface area contributed by atoms with Gasteiger partial charge in [-0.2, -0.15) is 0 Å². The Morgan fingerprint density at radius 3 is 1.06 bits per heavy atom. The normalized spacial score (nSPS) is 9.25. The monoisotopic (exact) mass is 482 g/mol. The van der Waals surface area contributed by atoms with Gasteiger partial charge in [0.25, 0.3) is 0 Å². The van der Waals surface area contributed by atoms with Crippen molar-refractivity contribution in [3.8, 4) is 0 Å². The van der Waals surface area contributed by atoms with Crippen LogP contribution in [0.25, 0.3) is 0 Å². The van der Waals surface area contributed by atoms with E-state index in [4.69, 9.17) is 0 Å². The maximum atomic E-state index is 10.1. The van der Waals surface area contributed by atoms with Crippen LogP contribution >= 0.6 is 63.7 Å². The molecule has 0 N–H and O–H groups in total. The van der Waals surface area contributed by atoms with E-state index in [1.54, 1.807) is 0 Å². The van der Waals surface area contributed by atoms with Crippen molar-refractivity contribution in [3.63, 3.8) is 0 Å². The summed E-state index contributed by atoms with van der Waals surface area (Å²) in [4.78, 5) is 40.2. The van der Waals surface area contributed by atoms with Crippen LogP contribution in [0.5, 0.6) is 0 Å². The van der Waals surface area contributed by atoms with Gasteiger partial charge >= 0.3 is 0 Å². The topological polar surface area (TPSA) is 68.3 Å². The second-order valence-electron chi connectivity index (χ2n) is 2.15. The molecule has 0 amide bonds. The molecule has 0 aliphatic carbocycles. The largest absolute Gasteiger partial charge is 0.287 e. The molecule has 0 spiro atoms. The van der Waals surface area contributed by atoms with Crippen molar-refractivity contribution < 1.29 is 19.2 Å². The molecule has 8 heteroatoms. The number of allylic oxidation sites excluding steroid dienone is 2. The molecular formula is C8H6Br4O4. The van der Waals surface area contributed by atoms with E-state index in [-0.39, 0.29) is 31.6 Å². The van der Waals surface area contributed by atoms with Crippen LogP contribution in [0.1, 0.15) is 12.8 Å². The van der Waals surface area contributed by atoms with Crippen molar-refractivity contribution >= 4 is 82.5 Å². The second-order valence-corrected chi connectivity index (χ2v) is 5.48. The first-order valence-electron chi connectivity index (χ1n) is 3.69. The highest BCUT2D eigenvalue weighted by atomic mass is 79.9. The molecule has 0 radical (unpaired) electrons. The molecule has 0 bridgehead atoms. The number of hydrogen-bond donors (Lipinski definition) is 0. The number of hydrogen-bond acceptors (Lipinski definition) is 4. The van der Waals surface area contributed by atoms with Gasteiger partial charge in [0.15, 0.2) is 9.39 Å². The van der Waals surface area contributed by atoms with E-state index in [1.165, 1.54) is 0 Å². The summed E-state index contributed by atoms with van der Waals surface area (Å²) >= 11 is 10.6. The standard InChI is InChI=1S/C4H4Br2O2.C4H2Br2O2/c2*5-3(7)1-2-4(6)8/h1-2H2;1-2H/b;2-1+. The van der Waals surface area contributed by atoms with Crippen molar-refractivity contribution in [2.45, 2.75) is 12.8 Å². The highest BCUT2D eigenvalue weighted by Crippen LogP contribution is 2.00. The lowest BCUT2D eigenvalue weighted by Crippen LogP contribution is -1.89. The minimum atomic E-state index is -0.315. The molecular weight excluding hydrogens is 480 g/mol. The minimum absolute atomic E-state index is 0.134. The zero-order valence-corrected chi connectivity index (χ0v) is 14.1. The molecule has 0 aliphatic rings. The average molecular weight is 486 g/mol. The smallest absolute Gasteiger partial charge is 0.221 e. The summed E-state index contributed by atoms with van der Waals surface area (Å²) in [5, 5.41) is 0. The lowest BCUT2D eigenvalue weighted by molar-refractivity contribution is -0.114. The summed E-state index contributed by atoms with van der Waals surface area (Å²) in [5.41, 5.74) is 0. The zero-order valence-electron chi connectivity index (χ0n) is 7.71. The van der Waals surface area contributed by atoms with Gasteiger partial charge in [-0.05, 0) is 75.9 Å². The Balaban J connectivity index is 0. The number of carbonyl (C=O) groups excluding carboxylic acids is 4. The molecule has 0 unspecified atom stereocenters. The molecule has 0 aromatic rings. The van der Waals surface area contributed by atoms with Gasteiger partial charge < -0.3 is 0 Å². The second kappa shape index (κ2) is 11.8. The highest BCUT2D eigenvalue weighted by Gasteiger charge is 1.98. The zero-order chi connectivity index (χ0) is 13.1. The maximum absolute atomic E-state index is 10.1. The molecule has 0 atom stereocenters. The summed E-state index contributed by atoms with van der Waals surface area (Å²) in [5.74, 6) is 0. The van der Waals surface area contributed by atoms with E-state index in [2.05, 4.69) is 63.7 Å². The van der Waals surface area contributed by atoms with Gasteiger partial charge in [-0.3, -0.25) is 19.2 Å². The summed E-state index contributed by atoms with van der Waals surface area (Å²) < 4.78 is -0.897. The van der Waals surface area contributed by atoms with E-state index in [9.17, 15) is 19.2 Å². The van der Waals surface area contributed by atoms with Crippen LogP contribution in [-0.4, -0.2) is 18.8 Å². The molecule has 0 aromatic heterocycles. The fourth-order valence-electron chi connectivity index (χ4n) is 0.328. The summed E-state index contributed by atoms with van der Waals surface area (Å²) in [6, 6.07) is 0. The Morgan fingerprint density at radius 2 is 0.938 bits per heavy atom. The Bertz CT molecular complexity index is 281. The minimum Gasteiger partial charge on any atom is -0.287 e. The quantitative estimate of drug-likeness (QED) is 0.443. The molecule has 0 fully saturated rings. The molecule has 4 nitrogen and oxygen atoms in total. The summed E-state index contributed by atoms with van der Waals surface area (Å²) in [6.45, 7) is 0. The predicted molar refractivity (Wildman–Crippen MR) is 74.1 cm³/mol. The Labute approximate surface area is 126 Å². The first kappa shape index (κ1) is 18.7. The van der Waals surface area contributed by atoms with Crippen LogP contribution in [0.3, 0.4) is 0 Å². The third-order valence-corrected chi connectivity index (χ3v) is 2.19. The van der Waals surface area contributed by atoms with Crippen molar-refractivity contribution in [1.29, 1.82) is 0 Å². The van der Waals surface area contributed by atoms with Gasteiger partial charge in [0.1, 0.15) is 0 Å². The average Bonchev–Trinajstić information content (AvgIpc) is 2.12. The van der Waals surface area contributed by atoms with Crippen molar-refractivity contribution in [2.24, 2.45) is 0 Å². The molecule has 0 saturated heterocycles. The van der Waals surface area contributed by atoms with Gasteiger partial charge in [-0.25, -0.2) is 0 Å². The van der Waals surface area contributed by atoms with Crippen LogP contribution in [0, 0.1) is 0 Å². The van der Waals surface area contributed by atoms with Crippen molar-refractivity contribution in [1.82, 2.24) is 0 Å².